The summed E-state index contributed by atoms with van der Waals surface area (Å²) in [5.41, 5.74) is -0.235. The molecule has 0 radical (unpaired) electrons. The molecule has 43 heavy (non-hydrogen) atoms. The van der Waals surface area contributed by atoms with E-state index in [1.54, 1.807) is 42.6 Å². The first-order valence-corrected chi connectivity index (χ1v) is 16.2. The first kappa shape index (κ1) is 29.0. The fraction of sp³-hybridized carbons (Fsp3) is 0.375. The number of hydrogen-bond donors (Lipinski definition) is 1. The van der Waals surface area contributed by atoms with E-state index in [4.69, 9.17) is 4.74 Å². The Morgan fingerprint density at radius 1 is 0.953 bits per heavy atom. The molecule has 6 rings (SSSR count). The fourth-order valence-corrected chi connectivity index (χ4v) is 8.27. The van der Waals surface area contributed by atoms with Crippen LogP contribution in [0.5, 0.6) is 11.5 Å². The molecule has 2 amide bonds. The third kappa shape index (κ3) is 5.92. The van der Waals surface area contributed by atoms with Gasteiger partial charge in [0.05, 0.1) is 18.3 Å². The van der Waals surface area contributed by atoms with Gasteiger partial charge in [0.15, 0.2) is 5.78 Å². The van der Waals surface area contributed by atoms with Crippen molar-refractivity contribution in [3.05, 3.63) is 90.3 Å². The lowest BCUT2D eigenvalue weighted by molar-refractivity contribution is -0.143. The van der Waals surface area contributed by atoms with E-state index in [0.29, 0.717) is 41.9 Å². The summed E-state index contributed by atoms with van der Waals surface area (Å²) in [4.78, 5) is 46.5. The molecule has 2 saturated heterocycles. The topological polar surface area (TPSA) is 126 Å². The molecule has 3 aromatic rings. The van der Waals surface area contributed by atoms with Crippen molar-refractivity contribution < 1.29 is 27.5 Å². The minimum atomic E-state index is -3.81. The van der Waals surface area contributed by atoms with Crippen LogP contribution in [0.2, 0.25) is 0 Å². The largest absolute Gasteiger partial charge is 0.457 e. The normalized spacial score (nSPS) is 21.8. The number of rotatable bonds is 8. The number of nitrogens with one attached hydrogen (secondary N) is 1. The van der Waals surface area contributed by atoms with Gasteiger partial charge in [-0.3, -0.25) is 19.4 Å². The van der Waals surface area contributed by atoms with E-state index in [1.807, 2.05) is 30.3 Å². The van der Waals surface area contributed by atoms with E-state index < -0.39 is 27.6 Å². The summed E-state index contributed by atoms with van der Waals surface area (Å²) in [5, 5.41) is 3.04. The number of amides is 2. The molecule has 2 unspecified atom stereocenters. The van der Waals surface area contributed by atoms with E-state index in [0.717, 1.165) is 19.3 Å². The second-order valence-corrected chi connectivity index (χ2v) is 13.4. The molecule has 1 aromatic heterocycles. The van der Waals surface area contributed by atoms with Crippen molar-refractivity contribution in [2.24, 2.45) is 0 Å². The van der Waals surface area contributed by atoms with Crippen LogP contribution < -0.4 is 10.1 Å². The minimum Gasteiger partial charge on any atom is -0.457 e. The first-order chi connectivity index (χ1) is 20.8. The Labute approximate surface area is 251 Å². The predicted molar refractivity (Wildman–Crippen MR) is 159 cm³/mol. The first-order valence-electron chi connectivity index (χ1n) is 14.6. The van der Waals surface area contributed by atoms with Gasteiger partial charge in [-0.05, 0) is 67.3 Å². The molecule has 0 bridgehead atoms. The number of sulfonamides is 1. The van der Waals surface area contributed by atoms with E-state index in [2.05, 4.69) is 10.3 Å². The highest BCUT2D eigenvalue weighted by atomic mass is 32.2. The van der Waals surface area contributed by atoms with Crippen LogP contribution in [-0.2, 0) is 25.4 Å². The van der Waals surface area contributed by atoms with E-state index in [1.165, 1.54) is 15.4 Å². The lowest BCUT2D eigenvalue weighted by atomic mass is 9.80. The molecule has 3 fully saturated rings. The van der Waals surface area contributed by atoms with Crippen LogP contribution in [-0.4, -0.2) is 70.9 Å². The van der Waals surface area contributed by atoms with Crippen molar-refractivity contribution in [3.63, 3.8) is 0 Å². The Hall–Kier alpha value is -4.09. The van der Waals surface area contributed by atoms with Crippen LogP contribution in [0.15, 0.2) is 79.1 Å². The Bertz CT molecular complexity index is 1590. The molecule has 1 saturated carbocycles. The molecular weight excluding hydrogens is 568 g/mol. The Kier molecular flexibility index (Phi) is 8.02. The molecule has 224 valence electrons. The van der Waals surface area contributed by atoms with Gasteiger partial charge >= 0.3 is 0 Å². The van der Waals surface area contributed by atoms with Gasteiger partial charge in [-0.25, -0.2) is 8.42 Å². The van der Waals surface area contributed by atoms with Gasteiger partial charge < -0.3 is 15.0 Å². The van der Waals surface area contributed by atoms with Crippen molar-refractivity contribution in [1.82, 2.24) is 19.5 Å². The summed E-state index contributed by atoms with van der Waals surface area (Å²) >= 11 is 0. The zero-order chi connectivity index (χ0) is 30.0. The average Bonchev–Trinajstić information content (AvgIpc) is 3.60. The Morgan fingerprint density at radius 3 is 2.37 bits per heavy atom. The fourth-order valence-electron chi connectivity index (χ4n) is 6.55. The van der Waals surface area contributed by atoms with Crippen molar-refractivity contribution in [3.8, 4) is 11.5 Å². The minimum absolute atomic E-state index is 0.252. The van der Waals surface area contributed by atoms with Gasteiger partial charge in [-0.15, -0.1) is 0 Å². The number of likely N-dealkylation sites (tertiary alicyclic amines) is 1. The summed E-state index contributed by atoms with van der Waals surface area (Å²) in [6.45, 7) is -0.0135. The summed E-state index contributed by atoms with van der Waals surface area (Å²) in [7, 11) is -3.81. The molecule has 11 heteroatoms. The zero-order valence-electron chi connectivity index (χ0n) is 23.7. The smallest absolute Gasteiger partial charge is 0.252 e. The molecule has 2 aromatic carbocycles. The SMILES string of the molecule is O=C(NC1(C(=O)N2CCC3C2C(=O)CN3S(=O)(=O)Cc2cccnc2)CCCCC1)c1ccc(Oc2ccccc2)cc1. The second-order valence-electron chi connectivity index (χ2n) is 11.5. The van der Waals surface area contributed by atoms with Gasteiger partial charge in [0.2, 0.25) is 15.9 Å². The number of pyridine rings is 1. The van der Waals surface area contributed by atoms with Crippen molar-refractivity contribution in [2.75, 3.05) is 13.1 Å². The Morgan fingerprint density at radius 2 is 1.67 bits per heavy atom. The lowest BCUT2D eigenvalue weighted by Crippen LogP contribution is -2.62. The van der Waals surface area contributed by atoms with Crippen LogP contribution in [0.4, 0.5) is 0 Å². The van der Waals surface area contributed by atoms with Gasteiger partial charge in [-0.2, -0.15) is 4.31 Å². The quantitative estimate of drug-likeness (QED) is 0.417. The monoisotopic (exact) mass is 602 g/mol. The summed E-state index contributed by atoms with van der Waals surface area (Å²) < 4.78 is 33.8. The standard InChI is InChI=1S/C32H34N4O6S/c37-28-21-36(43(40,41)22-23-8-7-18-33-20-23)27-15-19-35(29(27)28)31(39)32(16-5-2-6-17-32)34-30(38)24-11-13-26(14-12-24)42-25-9-3-1-4-10-25/h1,3-4,7-14,18,20,27,29H,2,5-6,15-17,19,21-22H2,(H,34,38). The number of benzene rings is 2. The van der Waals surface area contributed by atoms with Crippen LogP contribution in [0, 0.1) is 0 Å². The zero-order valence-corrected chi connectivity index (χ0v) is 24.5. The molecular formula is C32H34N4O6S. The van der Waals surface area contributed by atoms with Crippen LogP contribution in [0.1, 0.15) is 54.4 Å². The highest BCUT2D eigenvalue weighted by molar-refractivity contribution is 7.88. The average molecular weight is 603 g/mol. The van der Waals surface area contributed by atoms with Crippen molar-refractivity contribution >= 4 is 27.6 Å². The number of ether oxygens (including phenoxy) is 1. The number of carbonyl (C=O) groups excluding carboxylic acids is 3. The highest BCUT2D eigenvalue weighted by Gasteiger charge is 2.56. The maximum Gasteiger partial charge on any atom is 0.252 e. The third-order valence-electron chi connectivity index (χ3n) is 8.63. The van der Waals surface area contributed by atoms with E-state index in [9.17, 15) is 22.8 Å². The molecule has 0 spiro atoms. The maximum absolute atomic E-state index is 14.2. The van der Waals surface area contributed by atoms with Gasteiger partial charge in [0.25, 0.3) is 5.91 Å². The van der Waals surface area contributed by atoms with Crippen molar-refractivity contribution in [1.29, 1.82) is 0 Å². The summed E-state index contributed by atoms with van der Waals surface area (Å²) in [5.74, 6) is 0.0161. The van der Waals surface area contributed by atoms with Gasteiger partial charge in [-0.1, -0.05) is 43.5 Å². The van der Waals surface area contributed by atoms with Crippen LogP contribution >= 0.6 is 0 Å². The molecule has 1 N–H and O–H groups in total. The number of Topliss-reactive ketones (excluding diaryl/α,β-unsaturated/α-hetero) is 1. The van der Waals surface area contributed by atoms with Gasteiger partial charge in [0.1, 0.15) is 23.1 Å². The maximum atomic E-state index is 14.2. The second kappa shape index (κ2) is 11.9. The summed E-state index contributed by atoms with van der Waals surface area (Å²) in [6, 6.07) is 17.9. The van der Waals surface area contributed by atoms with E-state index >= 15 is 0 Å². The Balaban J connectivity index is 1.18. The van der Waals surface area contributed by atoms with E-state index in [-0.39, 0.29) is 36.4 Å². The molecule has 1 aliphatic carbocycles. The molecule has 2 aliphatic heterocycles. The highest BCUT2D eigenvalue weighted by Crippen LogP contribution is 2.37. The summed E-state index contributed by atoms with van der Waals surface area (Å²) in [6.07, 6.45) is 6.81. The molecule has 2 atom stereocenters. The number of nitrogens with zero attached hydrogens (tertiary/aromatic N) is 3. The number of ketones is 1. The van der Waals surface area contributed by atoms with Gasteiger partial charge in [0, 0.05) is 24.5 Å². The number of hydrogen-bond acceptors (Lipinski definition) is 7. The number of para-hydroxylation sites is 1. The third-order valence-corrected chi connectivity index (χ3v) is 10.4. The number of aromatic nitrogens is 1. The predicted octanol–water partition coefficient (Wildman–Crippen LogP) is 3.69. The van der Waals surface area contributed by atoms with Crippen LogP contribution in [0.25, 0.3) is 0 Å². The molecule has 3 aliphatic rings. The molecule has 10 nitrogen and oxygen atoms in total. The van der Waals surface area contributed by atoms with Crippen LogP contribution in [0.3, 0.4) is 0 Å². The number of fused-ring (bicyclic) bond motifs is 1. The number of carbonyl (C=O) groups is 3. The molecule has 3 heterocycles. The lowest BCUT2D eigenvalue weighted by Gasteiger charge is -2.40. The van der Waals surface area contributed by atoms with Crippen molar-refractivity contribution in [2.45, 2.75) is 61.9 Å².